The number of rotatable bonds is 4. The average molecular weight is 389 g/mol. The fourth-order valence-corrected chi connectivity index (χ4v) is 2.85. The highest BCUT2D eigenvalue weighted by molar-refractivity contribution is 9.10. The first-order valence-corrected chi connectivity index (χ1v) is 8.18. The van der Waals surface area contributed by atoms with E-state index in [0.29, 0.717) is 13.0 Å². The number of aryl methyl sites for hydroxylation is 1. The predicted octanol–water partition coefficient (Wildman–Crippen LogP) is 2.32. The molecule has 0 unspecified atom stereocenters. The fraction of sp³-hybridized carbons (Fsp3) is 0.250. The van der Waals surface area contributed by atoms with Crippen molar-refractivity contribution in [1.82, 2.24) is 24.4 Å². The Hall–Kier alpha value is -2.48. The summed E-state index contributed by atoms with van der Waals surface area (Å²) in [6.07, 6.45) is 5.81. The molecule has 24 heavy (non-hydrogen) atoms. The SMILES string of the molecule is CN(C)C(=O)CCn1cc(-c2ccnc(N)n2)c2cc(Br)ncc21. The summed E-state index contributed by atoms with van der Waals surface area (Å²) in [6, 6.07) is 3.75. The molecule has 7 nitrogen and oxygen atoms in total. The number of carbonyl (C=O) groups is 1. The highest BCUT2D eigenvalue weighted by atomic mass is 79.9. The Bertz CT molecular complexity index is 905. The number of halogens is 1. The van der Waals surface area contributed by atoms with Gasteiger partial charge in [0.15, 0.2) is 0 Å². The van der Waals surface area contributed by atoms with E-state index in [4.69, 9.17) is 5.73 Å². The van der Waals surface area contributed by atoms with Gasteiger partial charge >= 0.3 is 0 Å². The van der Waals surface area contributed by atoms with Gasteiger partial charge in [0.25, 0.3) is 0 Å². The largest absolute Gasteiger partial charge is 0.368 e. The number of hydrogen-bond donors (Lipinski definition) is 1. The molecule has 8 heteroatoms. The van der Waals surface area contributed by atoms with E-state index in [1.165, 1.54) is 0 Å². The van der Waals surface area contributed by atoms with Gasteiger partial charge in [0.2, 0.25) is 11.9 Å². The molecule has 0 bridgehead atoms. The minimum atomic E-state index is 0.0785. The number of pyridine rings is 1. The molecular weight excluding hydrogens is 372 g/mol. The van der Waals surface area contributed by atoms with Crippen LogP contribution in [0.3, 0.4) is 0 Å². The van der Waals surface area contributed by atoms with Gasteiger partial charge in [0, 0.05) is 50.4 Å². The van der Waals surface area contributed by atoms with E-state index >= 15 is 0 Å². The first-order chi connectivity index (χ1) is 11.5. The molecule has 3 aromatic heterocycles. The van der Waals surface area contributed by atoms with Crippen molar-refractivity contribution in [3.05, 3.63) is 35.3 Å². The molecule has 0 aliphatic rings. The molecular formula is C16H17BrN6O. The third-order valence-corrected chi connectivity index (χ3v) is 4.18. The topological polar surface area (TPSA) is 89.9 Å². The molecule has 3 rings (SSSR count). The van der Waals surface area contributed by atoms with Gasteiger partial charge in [0.1, 0.15) is 4.60 Å². The summed E-state index contributed by atoms with van der Waals surface area (Å²) in [5.41, 5.74) is 8.32. The molecule has 2 N–H and O–H groups in total. The molecule has 0 spiro atoms. The Morgan fingerprint density at radius 2 is 2.17 bits per heavy atom. The van der Waals surface area contributed by atoms with Crippen LogP contribution in [0.15, 0.2) is 35.3 Å². The Morgan fingerprint density at radius 1 is 1.38 bits per heavy atom. The second-order valence-corrected chi connectivity index (χ2v) is 6.41. The summed E-state index contributed by atoms with van der Waals surface area (Å²) in [6.45, 7) is 0.567. The molecule has 0 radical (unpaired) electrons. The van der Waals surface area contributed by atoms with Crippen molar-refractivity contribution in [2.75, 3.05) is 19.8 Å². The summed E-state index contributed by atoms with van der Waals surface area (Å²) in [5.74, 6) is 0.305. The first-order valence-electron chi connectivity index (χ1n) is 7.39. The van der Waals surface area contributed by atoms with Crippen molar-refractivity contribution >= 4 is 38.7 Å². The summed E-state index contributed by atoms with van der Waals surface area (Å²) in [5, 5.41) is 0.993. The number of hydrogen-bond acceptors (Lipinski definition) is 5. The number of aromatic nitrogens is 4. The lowest BCUT2D eigenvalue weighted by Crippen LogP contribution is -2.22. The number of fused-ring (bicyclic) bond motifs is 1. The van der Waals surface area contributed by atoms with Crippen LogP contribution in [-0.4, -0.2) is 44.4 Å². The fourth-order valence-electron chi connectivity index (χ4n) is 2.51. The van der Waals surface area contributed by atoms with E-state index in [-0.39, 0.29) is 11.9 Å². The molecule has 0 atom stereocenters. The van der Waals surface area contributed by atoms with Crippen molar-refractivity contribution in [3.63, 3.8) is 0 Å². The molecule has 0 saturated heterocycles. The molecule has 3 aromatic rings. The van der Waals surface area contributed by atoms with Gasteiger partial charge in [-0.2, -0.15) is 0 Å². The summed E-state index contributed by atoms with van der Waals surface area (Å²) in [4.78, 5) is 26.0. The average Bonchev–Trinajstić information content (AvgIpc) is 2.90. The zero-order valence-electron chi connectivity index (χ0n) is 13.4. The monoisotopic (exact) mass is 388 g/mol. The van der Waals surface area contributed by atoms with Gasteiger partial charge in [-0.3, -0.25) is 4.79 Å². The minimum Gasteiger partial charge on any atom is -0.368 e. The van der Waals surface area contributed by atoms with E-state index in [9.17, 15) is 4.79 Å². The van der Waals surface area contributed by atoms with Crippen LogP contribution in [0.25, 0.3) is 22.2 Å². The third-order valence-electron chi connectivity index (χ3n) is 3.75. The lowest BCUT2D eigenvalue weighted by atomic mass is 10.1. The van der Waals surface area contributed by atoms with Crippen molar-refractivity contribution in [2.45, 2.75) is 13.0 Å². The van der Waals surface area contributed by atoms with Gasteiger partial charge in [-0.1, -0.05) is 0 Å². The zero-order valence-corrected chi connectivity index (χ0v) is 15.0. The smallest absolute Gasteiger partial charge is 0.223 e. The lowest BCUT2D eigenvalue weighted by Gasteiger charge is -2.10. The standard InChI is InChI=1S/C16H17BrN6O/c1-22(2)15(24)4-6-23-9-11(12-3-5-19-16(18)21-12)10-7-14(17)20-8-13(10)23/h3,5,7-9H,4,6H2,1-2H3,(H2,18,19,21). The zero-order chi connectivity index (χ0) is 17.3. The maximum absolute atomic E-state index is 11.9. The van der Waals surface area contributed by atoms with Crippen LogP contribution in [0.2, 0.25) is 0 Å². The number of nitrogen functional groups attached to an aromatic ring is 1. The van der Waals surface area contributed by atoms with Crippen molar-refractivity contribution in [2.24, 2.45) is 0 Å². The van der Waals surface area contributed by atoms with Crippen LogP contribution in [0.5, 0.6) is 0 Å². The van der Waals surface area contributed by atoms with Crippen molar-refractivity contribution < 1.29 is 4.79 Å². The third kappa shape index (κ3) is 3.23. The Morgan fingerprint density at radius 3 is 2.88 bits per heavy atom. The second kappa shape index (κ2) is 6.56. The quantitative estimate of drug-likeness (QED) is 0.692. The normalized spacial score (nSPS) is 11.0. The number of amides is 1. The molecule has 124 valence electrons. The highest BCUT2D eigenvalue weighted by Gasteiger charge is 2.14. The van der Waals surface area contributed by atoms with Gasteiger partial charge in [0.05, 0.1) is 17.4 Å². The Balaban J connectivity index is 2.06. The van der Waals surface area contributed by atoms with Crippen LogP contribution in [0.4, 0.5) is 5.95 Å². The number of nitrogens with two attached hydrogens (primary N) is 1. The maximum atomic E-state index is 11.9. The first kappa shape index (κ1) is 16.4. The van der Waals surface area contributed by atoms with Crippen LogP contribution in [0, 0.1) is 0 Å². The van der Waals surface area contributed by atoms with E-state index in [0.717, 1.165) is 26.8 Å². The minimum absolute atomic E-state index is 0.0785. The van der Waals surface area contributed by atoms with Gasteiger partial charge in [-0.25, -0.2) is 15.0 Å². The summed E-state index contributed by atoms with van der Waals surface area (Å²) < 4.78 is 2.75. The molecule has 0 aliphatic carbocycles. The predicted molar refractivity (Wildman–Crippen MR) is 96.2 cm³/mol. The molecule has 0 fully saturated rings. The Labute approximate surface area is 147 Å². The van der Waals surface area contributed by atoms with Crippen LogP contribution in [0.1, 0.15) is 6.42 Å². The summed E-state index contributed by atoms with van der Waals surface area (Å²) >= 11 is 3.41. The van der Waals surface area contributed by atoms with Crippen molar-refractivity contribution in [3.8, 4) is 11.3 Å². The van der Waals surface area contributed by atoms with E-state index < -0.39 is 0 Å². The number of nitrogens with zero attached hydrogens (tertiary/aromatic N) is 5. The van der Waals surface area contributed by atoms with Gasteiger partial charge in [-0.05, 0) is 28.1 Å². The molecule has 3 heterocycles. The molecule has 0 aliphatic heterocycles. The molecule has 1 amide bonds. The van der Waals surface area contributed by atoms with E-state index in [2.05, 4.69) is 30.9 Å². The Kier molecular flexibility index (Phi) is 4.48. The van der Waals surface area contributed by atoms with Crippen LogP contribution < -0.4 is 5.73 Å². The van der Waals surface area contributed by atoms with E-state index in [1.54, 1.807) is 31.4 Å². The lowest BCUT2D eigenvalue weighted by molar-refractivity contribution is -0.128. The van der Waals surface area contributed by atoms with Crippen LogP contribution >= 0.6 is 15.9 Å². The number of anilines is 1. The maximum Gasteiger partial charge on any atom is 0.223 e. The number of carbonyl (C=O) groups excluding carboxylic acids is 1. The molecule has 0 saturated carbocycles. The van der Waals surface area contributed by atoms with E-state index in [1.807, 2.05) is 22.9 Å². The molecule has 0 aromatic carbocycles. The van der Waals surface area contributed by atoms with Crippen molar-refractivity contribution in [1.29, 1.82) is 0 Å². The van der Waals surface area contributed by atoms with Gasteiger partial charge < -0.3 is 15.2 Å². The highest BCUT2D eigenvalue weighted by Crippen LogP contribution is 2.31. The van der Waals surface area contributed by atoms with Crippen LogP contribution in [-0.2, 0) is 11.3 Å². The van der Waals surface area contributed by atoms with Gasteiger partial charge in [-0.15, -0.1) is 0 Å². The second-order valence-electron chi connectivity index (χ2n) is 5.60. The summed E-state index contributed by atoms with van der Waals surface area (Å²) in [7, 11) is 3.51.